The van der Waals surface area contributed by atoms with E-state index in [0.29, 0.717) is 17.4 Å². The molecular formula is C27H32N2O4S. The SMILES string of the molecule is COc1ccc(C)cc1N(CC(=O)N[C@H](CC(C)C)c1ccccc1)S(=O)(=O)c1ccccc1. The molecule has 0 heterocycles. The van der Waals surface area contributed by atoms with Crippen LogP contribution in [0, 0.1) is 12.8 Å². The number of sulfonamides is 1. The van der Waals surface area contributed by atoms with Crippen LogP contribution < -0.4 is 14.4 Å². The molecule has 0 saturated carbocycles. The third kappa shape index (κ3) is 6.17. The lowest BCUT2D eigenvalue weighted by atomic mass is 9.97. The van der Waals surface area contributed by atoms with Crippen LogP contribution in [0.5, 0.6) is 5.75 Å². The molecule has 0 spiro atoms. The minimum absolute atomic E-state index is 0.105. The number of nitrogens with one attached hydrogen (secondary N) is 1. The summed E-state index contributed by atoms with van der Waals surface area (Å²) in [7, 11) is -2.55. The van der Waals surface area contributed by atoms with Crippen molar-refractivity contribution in [3.8, 4) is 5.75 Å². The van der Waals surface area contributed by atoms with Crippen LogP contribution in [-0.2, 0) is 14.8 Å². The summed E-state index contributed by atoms with van der Waals surface area (Å²) in [4.78, 5) is 13.4. The summed E-state index contributed by atoms with van der Waals surface area (Å²) >= 11 is 0. The molecule has 0 unspecified atom stereocenters. The van der Waals surface area contributed by atoms with Gasteiger partial charge >= 0.3 is 0 Å². The molecule has 7 heteroatoms. The molecule has 34 heavy (non-hydrogen) atoms. The van der Waals surface area contributed by atoms with E-state index in [1.807, 2.05) is 43.3 Å². The highest BCUT2D eigenvalue weighted by molar-refractivity contribution is 7.92. The van der Waals surface area contributed by atoms with Crippen molar-refractivity contribution >= 4 is 21.6 Å². The van der Waals surface area contributed by atoms with E-state index < -0.39 is 15.9 Å². The monoisotopic (exact) mass is 480 g/mol. The van der Waals surface area contributed by atoms with Gasteiger partial charge in [0.2, 0.25) is 5.91 Å². The number of benzene rings is 3. The number of methoxy groups -OCH3 is 1. The van der Waals surface area contributed by atoms with Crippen LogP contribution >= 0.6 is 0 Å². The molecule has 180 valence electrons. The second-order valence-electron chi connectivity index (χ2n) is 8.66. The highest BCUT2D eigenvalue weighted by atomic mass is 32.2. The summed E-state index contributed by atoms with van der Waals surface area (Å²) in [5.74, 6) is 0.323. The third-order valence-corrected chi connectivity index (χ3v) is 7.24. The summed E-state index contributed by atoms with van der Waals surface area (Å²) in [6.07, 6.45) is 0.731. The number of hydrogen-bond acceptors (Lipinski definition) is 4. The van der Waals surface area contributed by atoms with E-state index in [2.05, 4.69) is 19.2 Å². The molecule has 1 amide bonds. The van der Waals surface area contributed by atoms with Crippen molar-refractivity contribution in [3.05, 3.63) is 90.0 Å². The maximum atomic E-state index is 13.7. The van der Waals surface area contributed by atoms with E-state index in [1.165, 1.54) is 19.2 Å². The Morgan fingerprint density at radius 3 is 2.18 bits per heavy atom. The summed E-state index contributed by atoms with van der Waals surface area (Å²) in [5.41, 5.74) is 2.16. The van der Waals surface area contributed by atoms with Gasteiger partial charge in [-0.1, -0.05) is 68.4 Å². The Balaban J connectivity index is 1.99. The van der Waals surface area contributed by atoms with E-state index in [4.69, 9.17) is 4.74 Å². The number of aryl methyl sites for hydroxylation is 1. The molecule has 3 rings (SSSR count). The van der Waals surface area contributed by atoms with Crippen LogP contribution in [0.1, 0.15) is 37.4 Å². The predicted octanol–water partition coefficient (Wildman–Crippen LogP) is 5.10. The van der Waals surface area contributed by atoms with Crippen molar-refractivity contribution in [2.45, 2.75) is 38.1 Å². The van der Waals surface area contributed by atoms with Gasteiger partial charge < -0.3 is 10.1 Å². The minimum Gasteiger partial charge on any atom is -0.495 e. The molecule has 1 atom stereocenters. The Bertz CT molecular complexity index is 1200. The molecule has 0 aliphatic heterocycles. The van der Waals surface area contributed by atoms with Gasteiger partial charge in [0.05, 0.1) is 23.7 Å². The second-order valence-corrected chi connectivity index (χ2v) is 10.5. The maximum Gasteiger partial charge on any atom is 0.264 e. The zero-order valence-electron chi connectivity index (χ0n) is 20.1. The third-order valence-electron chi connectivity index (χ3n) is 5.47. The van der Waals surface area contributed by atoms with Crippen molar-refractivity contribution < 1.29 is 17.9 Å². The van der Waals surface area contributed by atoms with Crippen molar-refractivity contribution in [1.82, 2.24) is 5.32 Å². The Kier molecular flexibility index (Phi) is 8.34. The fourth-order valence-corrected chi connectivity index (χ4v) is 5.26. The molecule has 3 aromatic carbocycles. The van der Waals surface area contributed by atoms with Gasteiger partial charge in [-0.25, -0.2) is 8.42 Å². The smallest absolute Gasteiger partial charge is 0.264 e. The first-order valence-electron chi connectivity index (χ1n) is 11.3. The fourth-order valence-electron chi connectivity index (χ4n) is 3.82. The van der Waals surface area contributed by atoms with E-state index in [0.717, 1.165) is 21.9 Å². The molecule has 3 aromatic rings. The number of ether oxygens (including phenoxy) is 1. The summed E-state index contributed by atoms with van der Waals surface area (Å²) in [6.45, 7) is 5.67. The molecule has 6 nitrogen and oxygen atoms in total. The van der Waals surface area contributed by atoms with Gasteiger partial charge in [0.1, 0.15) is 12.3 Å². The second kappa shape index (κ2) is 11.2. The average Bonchev–Trinajstić information content (AvgIpc) is 2.83. The van der Waals surface area contributed by atoms with Crippen molar-refractivity contribution in [3.63, 3.8) is 0 Å². The predicted molar refractivity (Wildman–Crippen MR) is 135 cm³/mol. The fraction of sp³-hybridized carbons (Fsp3) is 0.296. The number of rotatable bonds is 10. The lowest BCUT2D eigenvalue weighted by molar-refractivity contribution is -0.120. The van der Waals surface area contributed by atoms with Crippen LogP contribution in [0.2, 0.25) is 0 Å². The van der Waals surface area contributed by atoms with Crippen LogP contribution in [0.15, 0.2) is 83.8 Å². The highest BCUT2D eigenvalue weighted by Crippen LogP contribution is 2.33. The van der Waals surface area contributed by atoms with Crippen LogP contribution in [0.25, 0.3) is 0 Å². The summed E-state index contributed by atoms with van der Waals surface area (Å²) in [5, 5.41) is 3.05. The summed E-state index contributed by atoms with van der Waals surface area (Å²) in [6, 6.07) is 22.9. The molecule has 0 radical (unpaired) electrons. The van der Waals surface area contributed by atoms with Gasteiger partial charge in [0.25, 0.3) is 10.0 Å². The number of amides is 1. The van der Waals surface area contributed by atoms with Crippen LogP contribution in [-0.4, -0.2) is 28.0 Å². The Hall–Kier alpha value is -3.32. The largest absolute Gasteiger partial charge is 0.495 e. The van der Waals surface area contributed by atoms with Crippen molar-refractivity contribution in [1.29, 1.82) is 0 Å². The van der Waals surface area contributed by atoms with E-state index in [1.54, 1.807) is 30.3 Å². The Labute approximate surface area is 202 Å². The van der Waals surface area contributed by atoms with E-state index in [-0.39, 0.29) is 17.5 Å². The van der Waals surface area contributed by atoms with E-state index in [9.17, 15) is 13.2 Å². The first kappa shape index (κ1) is 25.3. The van der Waals surface area contributed by atoms with Crippen LogP contribution in [0.3, 0.4) is 0 Å². The van der Waals surface area contributed by atoms with Crippen LogP contribution in [0.4, 0.5) is 5.69 Å². The van der Waals surface area contributed by atoms with Gasteiger partial charge in [-0.2, -0.15) is 0 Å². The number of anilines is 1. The van der Waals surface area contributed by atoms with E-state index >= 15 is 0 Å². The molecule has 0 aromatic heterocycles. The zero-order chi connectivity index (χ0) is 24.7. The first-order chi connectivity index (χ1) is 16.2. The van der Waals surface area contributed by atoms with Gasteiger partial charge in [-0.3, -0.25) is 9.10 Å². The number of carbonyl (C=O) groups excluding carboxylic acids is 1. The van der Waals surface area contributed by atoms with Crippen molar-refractivity contribution in [2.75, 3.05) is 18.0 Å². The number of nitrogens with zero attached hydrogens (tertiary/aromatic N) is 1. The quantitative estimate of drug-likeness (QED) is 0.438. The molecule has 0 fully saturated rings. The standard InChI is InChI=1S/C27H32N2O4S/c1-20(2)17-24(22-11-7-5-8-12-22)28-27(30)19-29(25-18-21(3)15-16-26(25)33-4)34(31,32)23-13-9-6-10-14-23/h5-16,18,20,24H,17,19H2,1-4H3,(H,28,30)/t24-/m1/s1. The normalized spacial score (nSPS) is 12.3. The minimum atomic E-state index is -4.03. The molecular weight excluding hydrogens is 448 g/mol. The topological polar surface area (TPSA) is 75.7 Å². The first-order valence-corrected chi connectivity index (χ1v) is 12.7. The van der Waals surface area contributed by atoms with Crippen molar-refractivity contribution in [2.24, 2.45) is 5.92 Å². The van der Waals surface area contributed by atoms with Gasteiger partial charge in [0, 0.05) is 0 Å². The maximum absolute atomic E-state index is 13.7. The van der Waals surface area contributed by atoms with Gasteiger partial charge in [-0.05, 0) is 54.7 Å². The molecule has 0 aliphatic rings. The highest BCUT2D eigenvalue weighted by Gasteiger charge is 2.30. The lowest BCUT2D eigenvalue weighted by Crippen LogP contribution is -2.42. The molecule has 0 saturated heterocycles. The molecule has 0 bridgehead atoms. The number of carbonyl (C=O) groups is 1. The summed E-state index contributed by atoms with van der Waals surface area (Å²) < 4.78 is 33.9. The number of hydrogen-bond donors (Lipinski definition) is 1. The zero-order valence-corrected chi connectivity index (χ0v) is 20.9. The van der Waals surface area contributed by atoms with Gasteiger partial charge in [-0.15, -0.1) is 0 Å². The lowest BCUT2D eigenvalue weighted by Gasteiger charge is -2.28. The Morgan fingerprint density at radius 2 is 1.59 bits per heavy atom. The molecule has 1 N–H and O–H groups in total. The average molecular weight is 481 g/mol. The van der Waals surface area contributed by atoms with Gasteiger partial charge in [0.15, 0.2) is 0 Å². The Morgan fingerprint density at radius 1 is 0.971 bits per heavy atom. The molecule has 0 aliphatic carbocycles.